The van der Waals surface area contributed by atoms with Gasteiger partial charge in [-0.15, -0.1) is 17.9 Å². The molecular weight excluding hydrogens is 358 g/mol. The van der Waals surface area contributed by atoms with Gasteiger partial charge in [0.1, 0.15) is 10.5 Å². The zero-order valence-electron chi connectivity index (χ0n) is 13.6. The second-order valence-electron chi connectivity index (χ2n) is 5.33. The Morgan fingerprint density at radius 1 is 1.56 bits per heavy atom. The van der Waals surface area contributed by atoms with E-state index in [0.717, 1.165) is 0 Å². The topological polar surface area (TPSA) is 77.1 Å². The summed E-state index contributed by atoms with van der Waals surface area (Å²) in [7, 11) is 0. The van der Waals surface area contributed by atoms with Crippen molar-refractivity contribution in [1.82, 2.24) is 14.9 Å². The number of carbonyl (C=O) groups is 1. The second kappa shape index (κ2) is 7.71. The summed E-state index contributed by atoms with van der Waals surface area (Å²) in [6, 6.07) is 5.18. The molecule has 25 heavy (non-hydrogen) atoms. The van der Waals surface area contributed by atoms with E-state index in [-0.39, 0.29) is 23.3 Å². The molecule has 0 fully saturated rings. The average Bonchev–Trinajstić information content (AvgIpc) is 3.27. The number of hydrogen-bond donors (Lipinski definition) is 1. The van der Waals surface area contributed by atoms with Crippen LogP contribution in [0.1, 0.15) is 18.7 Å². The van der Waals surface area contributed by atoms with Crippen LogP contribution < -0.4 is 10.9 Å². The minimum atomic E-state index is -0.217. The van der Waals surface area contributed by atoms with Gasteiger partial charge in [0.25, 0.3) is 5.56 Å². The van der Waals surface area contributed by atoms with Gasteiger partial charge in [0, 0.05) is 6.54 Å². The second-order valence-corrected chi connectivity index (χ2v) is 7.19. The maximum atomic E-state index is 12.5. The lowest BCUT2D eigenvalue weighted by molar-refractivity contribution is -0.119. The molecule has 8 heteroatoms. The Hall–Kier alpha value is -2.32. The smallest absolute Gasteiger partial charge is 0.272 e. The Labute approximate surface area is 152 Å². The Bertz CT molecular complexity index is 944. The lowest BCUT2D eigenvalue weighted by Crippen LogP contribution is -2.28. The van der Waals surface area contributed by atoms with E-state index in [1.54, 1.807) is 23.0 Å². The largest absolute Gasteiger partial charge is 0.467 e. The van der Waals surface area contributed by atoms with E-state index < -0.39 is 0 Å². The van der Waals surface area contributed by atoms with Crippen molar-refractivity contribution in [2.75, 3.05) is 5.75 Å². The fourth-order valence-electron chi connectivity index (χ4n) is 2.35. The number of amides is 1. The van der Waals surface area contributed by atoms with Crippen molar-refractivity contribution in [3.05, 3.63) is 58.6 Å². The van der Waals surface area contributed by atoms with Crippen LogP contribution in [0.25, 0.3) is 10.2 Å². The van der Waals surface area contributed by atoms with Crippen LogP contribution in [0.15, 0.2) is 56.9 Å². The number of nitrogens with zero attached hydrogens (tertiary/aromatic N) is 2. The highest BCUT2D eigenvalue weighted by Crippen LogP contribution is 2.21. The Balaban J connectivity index is 1.73. The Morgan fingerprint density at radius 3 is 3.12 bits per heavy atom. The van der Waals surface area contributed by atoms with Crippen LogP contribution in [0.5, 0.6) is 0 Å². The first-order valence-electron chi connectivity index (χ1n) is 7.64. The molecule has 0 saturated carbocycles. The number of thiophene rings is 1. The van der Waals surface area contributed by atoms with Crippen LogP contribution in [0.3, 0.4) is 0 Å². The maximum absolute atomic E-state index is 12.5. The molecule has 3 aromatic heterocycles. The third kappa shape index (κ3) is 3.85. The molecule has 3 aromatic rings. The third-order valence-electron chi connectivity index (χ3n) is 3.52. The molecule has 3 heterocycles. The molecule has 1 N–H and O–H groups in total. The van der Waals surface area contributed by atoms with Crippen LogP contribution >= 0.6 is 23.1 Å². The summed E-state index contributed by atoms with van der Waals surface area (Å²) in [5, 5.41) is 5.21. The normalized spacial score (nSPS) is 12.2. The molecule has 3 rings (SSSR count). The molecule has 130 valence electrons. The quantitative estimate of drug-likeness (QED) is 0.390. The number of hydrogen-bond acceptors (Lipinski definition) is 6. The van der Waals surface area contributed by atoms with Crippen LogP contribution in [-0.2, 0) is 11.3 Å². The molecule has 0 bridgehead atoms. The van der Waals surface area contributed by atoms with E-state index in [1.807, 2.05) is 24.4 Å². The number of thioether (sulfide) groups is 1. The number of furan rings is 1. The van der Waals surface area contributed by atoms with Gasteiger partial charge in [0.05, 0.1) is 23.6 Å². The zero-order chi connectivity index (χ0) is 17.8. The maximum Gasteiger partial charge on any atom is 0.272 e. The summed E-state index contributed by atoms with van der Waals surface area (Å²) in [5.74, 6) is 0.697. The van der Waals surface area contributed by atoms with Crippen molar-refractivity contribution in [3.8, 4) is 0 Å². The van der Waals surface area contributed by atoms with Gasteiger partial charge in [0.15, 0.2) is 5.16 Å². The molecule has 0 aliphatic rings. The predicted molar refractivity (Wildman–Crippen MR) is 100 cm³/mol. The molecule has 0 aliphatic heterocycles. The predicted octanol–water partition coefficient (Wildman–Crippen LogP) is 3.21. The van der Waals surface area contributed by atoms with Gasteiger partial charge >= 0.3 is 0 Å². The van der Waals surface area contributed by atoms with Gasteiger partial charge in [-0.1, -0.05) is 17.8 Å². The molecule has 1 unspecified atom stereocenters. The number of fused-ring (bicyclic) bond motifs is 1. The van der Waals surface area contributed by atoms with Gasteiger partial charge in [-0.2, -0.15) is 0 Å². The summed E-state index contributed by atoms with van der Waals surface area (Å²) in [5.41, 5.74) is 0.550. The molecule has 0 radical (unpaired) electrons. The highest BCUT2D eigenvalue weighted by molar-refractivity contribution is 7.99. The van der Waals surface area contributed by atoms with E-state index in [1.165, 1.54) is 23.1 Å². The molecule has 0 spiro atoms. The van der Waals surface area contributed by atoms with Crippen molar-refractivity contribution in [2.24, 2.45) is 0 Å². The van der Waals surface area contributed by atoms with Crippen molar-refractivity contribution >= 4 is 39.2 Å². The van der Waals surface area contributed by atoms with E-state index in [0.29, 0.717) is 27.7 Å². The molecular formula is C17H17N3O3S2. The third-order valence-corrected chi connectivity index (χ3v) is 5.39. The lowest BCUT2D eigenvalue weighted by atomic mass is 10.2. The fourth-order valence-corrected chi connectivity index (χ4v) is 3.94. The van der Waals surface area contributed by atoms with Crippen molar-refractivity contribution in [1.29, 1.82) is 0 Å². The molecule has 0 aromatic carbocycles. The standard InChI is InChI=1S/C17H17N3O3S2/c1-3-7-20-16(22)15-12(6-9-24-15)19-17(20)25-10-14(21)18-11(2)13-5-4-8-23-13/h3-6,8-9,11H,1,7,10H2,2H3,(H,18,21). The van der Waals surface area contributed by atoms with Crippen molar-refractivity contribution < 1.29 is 9.21 Å². The summed E-state index contributed by atoms with van der Waals surface area (Å²) < 4.78 is 7.43. The highest BCUT2D eigenvalue weighted by Gasteiger charge is 2.15. The van der Waals surface area contributed by atoms with Crippen LogP contribution in [0.2, 0.25) is 0 Å². The summed E-state index contributed by atoms with van der Waals surface area (Å²) in [4.78, 5) is 29.2. The molecule has 0 saturated heterocycles. The SMILES string of the molecule is C=CCn1c(SCC(=O)NC(C)c2ccco2)nc2ccsc2c1=O. The van der Waals surface area contributed by atoms with Gasteiger partial charge < -0.3 is 9.73 Å². The number of carbonyl (C=O) groups excluding carboxylic acids is 1. The number of rotatable bonds is 7. The number of aromatic nitrogens is 2. The first kappa shape index (κ1) is 17.5. The van der Waals surface area contributed by atoms with Crippen LogP contribution in [0.4, 0.5) is 0 Å². The zero-order valence-corrected chi connectivity index (χ0v) is 15.2. The lowest BCUT2D eigenvalue weighted by Gasteiger charge is -2.12. The molecule has 1 amide bonds. The van der Waals surface area contributed by atoms with E-state index in [9.17, 15) is 9.59 Å². The van der Waals surface area contributed by atoms with Gasteiger partial charge in [-0.25, -0.2) is 4.98 Å². The summed E-state index contributed by atoms with van der Waals surface area (Å²) in [6.45, 7) is 5.89. The molecule has 6 nitrogen and oxygen atoms in total. The Morgan fingerprint density at radius 2 is 2.40 bits per heavy atom. The number of allylic oxidation sites excluding steroid dienone is 1. The molecule has 0 aliphatic carbocycles. The highest BCUT2D eigenvalue weighted by atomic mass is 32.2. The van der Waals surface area contributed by atoms with Crippen molar-refractivity contribution in [2.45, 2.75) is 24.7 Å². The minimum absolute atomic E-state index is 0.105. The monoisotopic (exact) mass is 375 g/mol. The van der Waals surface area contributed by atoms with Crippen molar-refractivity contribution in [3.63, 3.8) is 0 Å². The van der Waals surface area contributed by atoms with Gasteiger partial charge in [-0.05, 0) is 30.5 Å². The van der Waals surface area contributed by atoms with Crippen LogP contribution in [-0.4, -0.2) is 21.2 Å². The van der Waals surface area contributed by atoms with E-state index in [2.05, 4.69) is 16.9 Å². The molecule has 1 atom stereocenters. The van der Waals surface area contributed by atoms with E-state index >= 15 is 0 Å². The summed E-state index contributed by atoms with van der Waals surface area (Å²) >= 11 is 2.60. The first-order chi connectivity index (χ1) is 12.1. The van der Waals surface area contributed by atoms with E-state index in [4.69, 9.17) is 4.42 Å². The minimum Gasteiger partial charge on any atom is -0.467 e. The van der Waals surface area contributed by atoms with Gasteiger partial charge in [0.2, 0.25) is 5.91 Å². The number of nitrogens with one attached hydrogen (secondary N) is 1. The summed E-state index contributed by atoms with van der Waals surface area (Å²) in [6.07, 6.45) is 3.21. The average molecular weight is 375 g/mol. The fraction of sp³-hybridized carbons (Fsp3) is 0.235. The van der Waals surface area contributed by atoms with Gasteiger partial charge in [-0.3, -0.25) is 14.2 Å². The Kier molecular flexibility index (Phi) is 5.40. The first-order valence-corrected chi connectivity index (χ1v) is 9.51. The van der Waals surface area contributed by atoms with Crippen LogP contribution in [0, 0.1) is 0 Å².